The number of fused-ring (bicyclic) bond motifs is 2. The molecular weight excluding hydrogens is 482 g/mol. The van der Waals surface area contributed by atoms with Gasteiger partial charge in [-0.25, -0.2) is 9.78 Å². The molecule has 1 aromatic heterocycles. The summed E-state index contributed by atoms with van der Waals surface area (Å²) in [5.41, 5.74) is 2.19. The molecule has 36 heavy (non-hydrogen) atoms. The number of piperidine rings is 1. The largest absolute Gasteiger partial charge is 0.326 e. The number of benzene rings is 2. The average molecular weight is 506 g/mol. The van der Waals surface area contributed by atoms with Crippen molar-refractivity contribution in [1.29, 1.82) is 0 Å². The number of aromatic nitrogens is 1. The summed E-state index contributed by atoms with van der Waals surface area (Å²) in [6.07, 6.45) is 1.26. The number of thiazole rings is 1. The van der Waals surface area contributed by atoms with Crippen LogP contribution in [0.25, 0.3) is 10.2 Å². The predicted molar refractivity (Wildman–Crippen MR) is 133 cm³/mol. The van der Waals surface area contributed by atoms with Gasteiger partial charge in [-0.1, -0.05) is 0 Å². The van der Waals surface area contributed by atoms with Crippen molar-refractivity contribution < 1.29 is 24.0 Å². The van der Waals surface area contributed by atoms with Gasteiger partial charge in [0.25, 0.3) is 5.91 Å². The molecule has 2 aromatic carbocycles. The Morgan fingerprint density at radius 3 is 2.75 bits per heavy atom. The van der Waals surface area contributed by atoms with Crippen LogP contribution < -0.4 is 16.0 Å². The molecule has 0 spiro atoms. The summed E-state index contributed by atoms with van der Waals surface area (Å²) in [6, 6.07) is 9.08. The Labute approximate surface area is 210 Å². The summed E-state index contributed by atoms with van der Waals surface area (Å²) in [5, 5.41) is 8.70. The second-order valence-corrected chi connectivity index (χ2v) is 10.4. The van der Waals surface area contributed by atoms with E-state index in [0.717, 1.165) is 16.5 Å². The molecule has 1 atom stereocenters. The van der Waals surface area contributed by atoms with Crippen molar-refractivity contribution in [2.45, 2.75) is 44.8 Å². The van der Waals surface area contributed by atoms with Gasteiger partial charge in [0.1, 0.15) is 17.3 Å². The Hall–Kier alpha value is -4.12. The Kier molecular flexibility index (Phi) is 5.79. The number of carbonyl (C=O) groups is 5. The van der Waals surface area contributed by atoms with Crippen LogP contribution in [0, 0.1) is 0 Å². The predicted octanol–water partition coefficient (Wildman–Crippen LogP) is 2.93. The van der Waals surface area contributed by atoms with Crippen LogP contribution in [0.1, 0.15) is 58.0 Å². The van der Waals surface area contributed by atoms with Crippen LogP contribution >= 0.6 is 11.3 Å². The van der Waals surface area contributed by atoms with E-state index in [1.807, 2.05) is 13.8 Å². The number of nitrogens with zero attached hydrogens (tertiary/aromatic N) is 2. The number of urea groups is 1. The van der Waals surface area contributed by atoms with Gasteiger partial charge in [0.2, 0.25) is 11.8 Å². The number of amides is 5. The number of anilines is 1. The van der Waals surface area contributed by atoms with Gasteiger partial charge in [-0.05, 0) is 62.2 Å². The zero-order chi connectivity index (χ0) is 25.6. The molecular formula is C25H23N5O5S. The number of carbonyl (C=O) groups excluding carboxylic acids is 5. The van der Waals surface area contributed by atoms with Gasteiger partial charge in [0.15, 0.2) is 0 Å². The maximum Gasteiger partial charge on any atom is 0.319 e. The van der Waals surface area contributed by atoms with Crippen molar-refractivity contribution in [3.8, 4) is 0 Å². The zero-order valence-electron chi connectivity index (χ0n) is 19.6. The number of imide groups is 1. The molecule has 3 aromatic rings. The van der Waals surface area contributed by atoms with E-state index in [9.17, 15) is 24.0 Å². The van der Waals surface area contributed by atoms with Crippen molar-refractivity contribution in [2.75, 3.05) is 5.32 Å². The molecule has 1 fully saturated rings. The molecule has 11 heteroatoms. The van der Waals surface area contributed by atoms with Crippen LogP contribution in [-0.4, -0.2) is 46.0 Å². The van der Waals surface area contributed by atoms with Crippen molar-refractivity contribution >= 4 is 57.3 Å². The minimum atomic E-state index is -0.787. The minimum absolute atomic E-state index is 0.187. The quantitative estimate of drug-likeness (QED) is 0.360. The lowest BCUT2D eigenvalue weighted by atomic mass is 10.0. The average Bonchev–Trinajstić information content (AvgIpc) is 3.40. The first-order chi connectivity index (χ1) is 17.1. The summed E-state index contributed by atoms with van der Waals surface area (Å²) in [4.78, 5) is 66.5. The fourth-order valence-electron chi connectivity index (χ4n) is 4.43. The third-order valence-electron chi connectivity index (χ3n) is 6.29. The van der Waals surface area contributed by atoms with Gasteiger partial charge >= 0.3 is 6.03 Å². The van der Waals surface area contributed by atoms with Crippen LogP contribution in [0.2, 0.25) is 0 Å². The van der Waals surface area contributed by atoms with E-state index >= 15 is 0 Å². The lowest BCUT2D eigenvalue weighted by Crippen LogP contribution is -2.52. The summed E-state index contributed by atoms with van der Waals surface area (Å²) in [7, 11) is 0. The summed E-state index contributed by atoms with van der Waals surface area (Å²) in [5.74, 6) is -1.08. The van der Waals surface area contributed by atoms with Crippen LogP contribution in [0.15, 0.2) is 36.4 Å². The Morgan fingerprint density at radius 2 is 2.00 bits per heavy atom. The second kappa shape index (κ2) is 8.83. The third-order valence-corrected chi connectivity index (χ3v) is 7.63. The molecule has 3 N–H and O–H groups in total. The second-order valence-electron chi connectivity index (χ2n) is 9.34. The minimum Gasteiger partial charge on any atom is -0.326 e. The molecule has 0 aliphatic carbocycles. The Bertz CT molecular complexity index is 1450. The summed E-state index contributed by atoms with van der Waals surface area (Å²) >= 11 is 1.40. The Balaban J connectivity index is 1.27. The lowest BCUT2D eigenvalue weighted by molar-refractivity contribution is -0.136. The van der Waals surface area contributed by atoms with Crippen LogP contribution in [0.3, 0.4) is 0 Å². The lowest BCUT2D eigenvalue weighted by Gasteiger charge is -2.29. The van der Waals surface area contributed by atoms with Crippen molar-refractivity contribution in [2.24, 2.45) is 0 Å². The Morgan fingerprint density at radius 1 is 1.19 bits per heavy atom. The molecule has 0 saturated carbocycles. The van der Waals surface area contributed by atoms with E-state index in [4.69, 9.17) is 0 Å². The highest BCUT2D eigenvalue weighted by Crippen LogP contribution is 2.32. The highest BCUT2D eigenvalue weighted by atomic mass is 32.1. The van der Waals surface area contributed by atoms with Gasteiger partial charge in [-0.3, -0.25) is 24.5 Å². The van der Waals surface area contributed by atoms with E-state index in [-0.39, 0.29) is 31.2 Å². The van der Waals surface area contributed by atoms with Crippen molar-refractivity contribution in [3.63, 3.8) is 0 Å². The monoisotopic (exact) mass is 505 g/mol. The molecule has 5 amide bonds. The first kappa shape index (κ1) is 23.6. The number of nitrogens with one attached hydrogen (secondary N) is 3. The number of rotatable bonds is 5. The van der Waals surface area contributed by atoms with Gasteiger partial charge < -0.3 is 15.5 Å². The molecule has 2 aliphatic heterocycles. The maximum absolute atomic E-state index is 12.9. The molecule has 2 aliphatic rings. The van der Waals surface area contributed by atoms with E-state index < -0.39 is 23.5 Å². The van der Waals surface area contributed by atoms with E-state index in [2.05, 4.69) is 20.9 Å². The molecule has 3 heterocycles. The van der Waals surface area contributed by atoms with Crippen LogP contribution in [-0.2, 0) is 21.7 Å². The third kappa shape index (κ3) is 4.33. The van der Waals surface area contributed by atoms with Crippen molar-refractivity contribution in [3.05, 3.63) is 58.1 Å². The zero-order valence-corrected chi connectivity index (χ0v) is 20.4. The number of hydrogen-bond donors (Lipinski definition) is 3. The molecule has 0 radical (unpaired) electrons. The number of aldehydes is 1. The normalized spacial score (nSPS) is 17.7. The van der Waals surface area contributed by atoms with E-state index in [1.165, 1.54) is 16.2 Å². The first-order valence-corrected chi connectivity index (χ1v) is 12.2. The van der Waals surface area contributed by atoms with Gasteiger partial charge in [0.05, 0.1) is 15.8 Å². The van der Waals surface area contributed by atoms with Gasteiger partial charge in [0, 0.05) is 29.8 Å². The van der Waals surface area contributed by atoms with Crippen LogP contribution in [0.4, 0.5) is 10.5 Å². The maximum atomic E-state index is 12.9. The van der Waals surface area contributed by atoms with Crippen molar-refractivity contribution in [1.82, 2.24) is 20.5 Å². The number of hydrogen-bond acceptors (Lipinski definition) is 7. The van der Waals surface area contributed by atoms with E-state index in [1.54, 1.807) is 36.4 Å². The molecule has 0 bridgehead atoms. The van der Waals surface area contributed by atoms with E-state index in [0.29, 0.717) is 27.4 Å². The SMILES string of the molecule is CC(C)(NC(=O)Nc1ccc2c(c1)CN(C1CCC(=O)NC1=O)C2=O)c1nc2ccc(C=O)cc2s1. The molecule has 184 valence electrons. The van der Waals surface area contributed by atoms with Gasteiger partial charge in [-0.15, -0.1) is 11.3 Å². The summed E-state index contributed by atoms with van der Waals surface area (Å²) in [6.45, 7) is 3.89. The molecule has 1 saturated heterocycles. The van der Waals surface area contributed by atoms with Gasteiger partial charge in [-0.2, -0.15) is 0 Å². The fraction of sp³-hybridized carbons (Fsp3) is 0.280. The standard InChI is InChI=1S/C25H23N5O5S/c1-25(2,23-27-17-6-3-13(12-31)9-19(17)36-23)29-24(35)26-15-4-5-16-14(10-15)11-30(22(16)34)18-7-8-20(32)28-21(18)33/h3-6,9-10,12,18H,7-8,11H2,1-2H3,(H2,26,29,35)(H,28,32,33). The smallest absolute Gasteiger partial charge is 0.319 e. The summed E-state index contributed by atoms with van der Waals surface area (Å²) < 4.78 is 0.855. The molecule has 10 nitrogen and oxygen atoms in total. The molecule has 1 unspecified atom stereocenters. The highest BCUT2D eigenvalue weighted by molar-refractivity contribution is 7.18. The highest BCUT2D eigenvalue weighted by Gasteiger charge is 2.39. The van der Waals surface area contributed by atoms with Crippen LogP contribution in [0.5, 0.6) is 0 Å². The molecule has 5 rings (SSSR count). The topological polar surface area (TPSA) is 138 Å². The first-order valence-electron chi connectivity index (χ1n) is 11.4. The fourth-order valence-corrected chi connectivity index (χ4v) is 5.51.